The predicted octanol–water partition coefficient (Wildman–Crippen LogP) is 1.73. The van der Waals surface area contributed by atoms with Gasteiger partial charge in [-0.25, -0.2) is 4.98 Å². The second-order valence-electron chi connectivity index (χ2n) is 5.27. The van der Waals surface area contributed by atoms with E-state index in [0.717, 1.165) is 19.5 Å². The lowest BCUT2D eigenvalue weighted by Crippen LogP contribution is -2.44. The van der Waals surface area contributed by atoms with Gasteiger partial charge in [-0.1, -0.05) is 6.42 Å². The molecule has 0 aliphatic carbocycles. The highest BCUT2D eigenvalue weighted by Crippen LogP contribution is 2.15. The van der Waals surface area contributed by atoms with Gasteiger partial charge in [-0.3, -0.25) is 4.79 Å². The van der Waals surface area contributed by atoms with Crippen molar-refractivity contribution in [2.24, 2.45) is 0 Å². The Kier molecular flexibility index (Phi) is 5.35. The van der Waals surface area contributed by atoms with E-state index < -0.39 is 0 Å². The van der Waals surface area contributed by atoms with E-state index in [9.17, 15) is 4.79 Å². The number of carbonyl (C=O) groups is 1. The first-order chi connectivity index (χ1) is 9.72. The lowest BCUT2D eigenvalue weighted by Gasteiger charge is -2.32. The topological polar surface area (TPSA) is 57.3 Å². The van der Waals surface area contributed by atoms with Gasteiger partial charge < -0.3 is 15.5 Å². The number of anilines is 1. The molecule has 2 N–H and O–H groups in total. The smallest absolute Gasteiger partial charge is 0.255 e. The van der Waals surface area contributed by atoms with Crippen LogP contribution < -0.4 is 10.6 Å². The van der Waals surface area contributed by atoms with Crippen LogP contribution in [0.15, 0.2) is 18.3 Å². The van der Waals surface area contributed by atoms with Crippen LogP contribution in [0.5, 0.6) is 0 Å². The number of nitrogens with one attached hydrogen (secondary N) is 2. The standard InChI is InChI=1S/C15H24N4O/c1-3-16-14-13(8-6-9-17-14)15(20)18-11-12-7-4-5-10-19(12)2/h6,8-9,12H,3-5,7,10-11H2,1-2H3,(H,16,17)(H,18,20). The number of hydrogen-bond donors (Lipinski definition) is 2. The number of aromatic nitrogens is 1. The molecule has 0 bridgehead atoms. The Hall–Kier alpha value is -1.62. The molecule has 5 nitrogen and oxygen atoms in total. The third-order valence-corrected chi connectivity index (χ3v) is 3.82. The fraction of sp³-hybridized carbons (Fsp3) is 0.600. The van der Waals surface area contributed by atoms with Gasteiger partial charge in [0.25, 0.3) is 5.91 Å². The molecule has 1 aliphatic heterocycles. The maximum absolute atomic E-state index is 12.3. The van der Waals surface area contributed by atoms with Crippen molar-refractivity contribution < 1.29 is 4.79 Å². The summed E-state index contributed by atoms with van der Waals surface area (Å²) in [5.41, 5.74) is 0.618. The van der Waals surface area contributed by atoms with Gasteiger partial charge in [-0.05, 0) is 45.5 Å². The molecule has 0 saturated carbocycles. The van der Waals surface area contributed by atoms with Gasteiger partial charge in [0, 0.05) is 25.3 Å². The highest BCUT2D eigenvalue weighted by Gasteiger charge is 2.20. The van der Waals surface area contributed by atoms with E-state index in [0.29, 0.717) is 24.0 Å². The van der Waals surface area contributed by atoms with Crippen molar-refractivity contribution in [1.29, 1.82) is 0 Å². The Morgan fingerprint density at radius 2 is 2.35 bits per heavy atom. The van der Waals surface area contributed by atoms with E-state index in [1.54, 1.807) is 12.3 Å². The minimum absolute atomic E-state index is 0.0481. The lowest BCUT2D eigenvalue weighted by molar-refractivity contribution is 0.0929. The molecule has 110 valence electrons. The molecule has 1 atom stereocenters. The van der Waals surface area contributed by atoms with E-state index >= 15 is 0 Å². The number of pyridine rings is 1. The molecule has 20 heavy (non-hydrogen) atoms. The molecule has 1 amide bonds. The van der Waals surface area contributed by atoms with E-state index in [2.05, 4.69) is 27.6 Å². The minimum atomic E-state index is -0.0481. The molecule has 0 aromatic carbocycles. The minimum Gasteiger partial charge on any atom is -0.370 e. The highest BCUT2D eigenvalue weighted by atomic mass is 16.1. The van der Waals surface area contributed by atoms with Gasteiger partial charge in [-0.15, -0.1) is 0 Å². The number of hydrogen-bond acceptors (Lipinski definition) is 4. The second kappa shape index (κ2) is 7.24. The van der Waals surface area contributed by atoms with Crippen molar-refractivity contribution in [3.8, 4) is 0 Å². The van der Waals surface area contributed by atoms with Crippen molar-refractivity contribution >= 4 is 11.7 Å². The monoisotopic (exact) mass is 276 g/mol. The SMILES string of the molecule is CCNc1ncccc1C(=O)NCC1CCCCN1C. The number of likely N-dealkylation sites (N-methyl/N-ethyl adjacent to an activating group) is 1. The zero-order valence-electron chi connectivity index (χ0n) is 12.4. The number of nitrogens with zero attached hydrogens (tertiary/aromatic N) is 2. The Bertz CT molecular complexity index is 449. The van der Waals surface area contributed by atoms with Crippen molar-refractivity contribution in [1.82, 2.24) is 15.2 Å². The molecule has 2 heterocycles. The zero-order chi connectivity index (χ0) is 14.4. The summed E-state index contributed by atoms with van der Waals surface area (Å²) in [5, 5.41) is 6.16. The summed E-state index contributed by atoms with van der Waals surface area (Å²) >= 11 is 0. The van der Waals surface area contributed by atoms with Crippen LogP contribution in [0, 0.1) is 0 Å². The largest absolute Gasteiger partial charge is 0.370 e. The first-order valence-electron chi connectivity index (χ1n) is 7.39. The number of amides is 1. The molecule has 1 saturated heterocycles. The summed E-state index contributed by atoms with van der Waals surface area (Å²) in [6, 6.07) is 4.06. The van der Waals surface area contributed by atoms with Gasteiger partial charge in [-0.2, -0.15) is 0 Å². The van der Waals surface area contributed by atoms with Crippen molar-refractivity contribution in [2.75, 3.05) is 32.0 Å². The number of rotatable bonds is 5. The maximum atomic E-state index is 12.3. The van der Waals surface area contributed by atoms with Crippen LogP contribution in [0.2, 0.25) is 0 Å². The van der Waals surface area contributed by atoms with Crippen molar-refractivity contribution in [3.63, 3.8) is 0 Å². The summed E-state index contributed by atoms with van der Waals surface area (Å²) in [7, 11) is 2.13. The lowest BCUT2D eigenvalue weighted by atomic mass is 10.0. The predicted molar refractivity (Wildman–Crippen MR) is 81.0 cm³/mol. The average Bonchev–Trinajstić information content (AvgIpc) is 2.47. The first-order valence-corrected chi connectivity index (χ1v) is 7.39. The molecule has 0 spiro atoms. The molecule has 5 heteroatoms. The van der Waals surface area contributed by atoms with Crippen LogP contribution in [-0.2, 0) is 0 Å². The van der Waals surface area contributed by atoms with E-state index in [1.807, 2.05) is 13.0 Å². The molecule has 1 aromatic rings. The molecular weight excluding hydrogens is 252 g/mol. The molecular formula is C15H24N4O. The molecule has 0 radical (unpaired) electrons. The van der Waals surface area contributed by atoms with Gasteiger partial charge >= 0.3 is 0 Å². The summed E-state index contributed by atoms with van der Waals surface area (Å²) < 4.78 is 0. The van der Waals surface area contributed by atoms with Crippen LogP contribution in [0.4, 0.5) is 5.82 Å². The Morgan fingerprint density at radius 1 is 1.50 bits per heavy atom. The van der Waals surface area contributed by atoms with Crippen LogP contribution in [0.1, 0.15) is 36.5 Å². The normalized spacial score (nSPS) is 19.6. The van der Waals surface area contributed by atoms with Crippen LogP contribution in [-0.4, -0.2) is 48.5 Å². The summed E-state index contributed by atoms with van der Waals surface area (Å²) in [6.45, 7) is 4.57. The molecule has 1 aliphatic rings. The van der Waals surface area contributed by atoms with Crippen LogP contribution in [0.25, 0.3) is 0 Å². The summed E-state index contributed by atoms with van der Waals surface area (Å²) in [5.74, 6) is 0.609. The molecule has 1 aromatic heterocycles. The Balaban J connectivity index is 1.94. The van der Waals surface area contributed by atoms with Crippen molar-refractivity contribution in [3.05, 3.63) is 23.9 Å². The van der Waals surface area contributed by atoms with Crippen molar-refractivity contribution in [2.45, 2.75) is 32.2 Å². The fourth-order valence-electron chi connectivity index (χ4n) is 2.60. The molecule has 2 rings (SSSR count). The summed E-state index contributed by atoms with van der Waals surface area (Å²) in [4.78, 5) is 18.8. The van der Waals surface area contributed by atoms with Crippen LogP contribution >= 0.6 is 0 Å². The van der Waals surface area contributed by atoms with Gasteiger partial charge in [0.15, 0.2) is 0 Å². The number of piperidine rings is 1. The number of carbonyl (C=O) groups excluding carboxylic acids is 1. The average molecular weight is 276 g/mol. The van der Waals surface area contributed by atoms with Gasteiger partial charge in [0.05, 0.1) is 5.56 Å². The highest BCUT2D eigenvalue weighted by molar-refractivity contribution is 5.98. The third-order valence-electron chi connectivity index (χ3n) is 3.82. The first kappa shape index (κ1) is 14.8. The quantitative estimate of drug-likeness (QED) is 0.860. The number of likely N-dealkylation sites (tertiary alicyclic amines) is 1. The zero-order valence-corrected chi connectivity index (χ0v) is 12.4. The van der Waals surface area contributed by atoms with E-state index in [4.69, 9.17) is 0 Å². The van der Waals surface area contributed by atoms with Crippen LogP contribution in [0.3, 0.4) is 0 Å². The van der Waals surface area contributed by atoms with E-state index in [-0.39, 0.29) is 5.91 Å². The molecule has 1 unspecified atom stereocenters. The Morgan fingerprint density at radius 3 is 3.10 bits per heavy atom. The molecule has 1 fully saturated rings. The van der Waals surface area contributed by atoms with Gasteiger partial charge in [0.2, 0.25) is 0 Å². The Labute approximate surface area is 120 Å². The second-order valence-corrected chi connectivity index (χ2v) is 5.27. The summed E-state index contributed by atoms with van der Waals surface area (Å²) in [6.07, 6.45) is 5.36. The van der Waals surface area contributed by atoms with E-state index in [1.165, 1.54) is 12.8 Å². The van der Waals surface area contributed by atoms with Gasteiger partial charge in [0.1, 0.15) is 5.82 Å². The third kappa shape index (κ3) is 3.70. The maximum Gasteiger partial charge on any atom is 0.255 e. The fourth-order valence-corrected chi connectivity index (χ4v) is 2.60.